The number of thiazole rings is 1. The van der Waals surface area contributed by atoms with Crippen LogP contribution in [0, 0.1) is 0 Å². The highest BCUT2D eigenvalue weighted by Gasteiger charge is 2.17. The SMILES string of the molecule is CSCCCCCNc1nc(C(N)C(=O)O)cs1. The minimum Gasteiger partial charge on any atom is -0.480 e. The van der Waals surface area contributed by atoms with Gasteiger partial charge in [0.1, 0.15) is 6.04 Å². The predicted octanol–water partition coefficient (Wildman–Crippen LogP) is 2.17. The Kier molecular flexibility index (Phi) is 7.07. The molecule has 0 saturated heterocycles. The number of rotatable bonds is 9. The summed E-state index contributed by atoms with van der Waals surface area (Å²) in [4.78, 5) is 14.8. The van der Waals surface area contributed by atoms with Gasteiger partial charge in [-0.1, -0.05) is 6.42 Å². The van der Waals surface area contributed by atoms with Crippen LogP contribution in [0.1, 0.15) is 31.0 Å². The lowest BCUT2D eigenvalue weighted by Crippen LogP contribution is -2.20. The van der Waals surface area contributed by atoms with Crippen LogP contribution in [0.2, 0.25) is 0 Å². The smallest absolute Gasteiger partial charge is 0.326 e. The highest BCUT2D eigenvalue weighted by molar-refractivity contribution is 7.98. The Morgan fingerprint density at radius 3 is 3.06 bits per heavy atom. The normalized spacial score (nSPS) is 12.3. The molecule has 5 nitrogen and oxygen atoms in total. The molecule has 1 heterocycles. The van der Waals surface area contributed by atoms with Gasteiger partial charge in [-0.05, 0) is 24.9 Å². The Bertz CT molecular complexity index is 371. The van der Waals surface area contributed by atoms with Gasteiger partial charge in [-0.15, -0.1) is 11.3 Å². The van der Waals surface area contributed by atoms with Crippen LogP contribution in [0.15, 0.2) is 5.38 Å². The Morgan fingerprint density at radius 1 is 1.61 bits per heavy atom. The average molecular weight is 289 g/mol. The molecule has 4 N–H and O–H groups in total. The first-order valence-corrected chi connectivity index (χ1v) is 8.09. The van der Waals surface area contributed by atoms with Gasteiger partial charge in [0.05, 0.1) is 5.69 Å². The first-order valence-electron chi connectivity index (χ1n) is 5.81. The molecule has 7 heteroatoms. The van der Waals surface area contributed by atoms with Crippen LogP contribution in [0.5, 0.6) is 0 Å². The van der Waals surface area contributed by atoms with E-state index in [1.165, 1.54) is 29.9 Å². The summed E-state index contributed by atoms with van der Waals surface area (Å²) in [6.07, 6.45) is 5.64. The molecule has 0 amide bonds. The molecule has 0 aliphatic rings. The minimum absolute atomic E-state index is 0.414. The van der Waals surface area contributed by atoms with Crippen LogP contribution in [0.3, 0.4) is 0 Å². The van der Waals surface area contributed by atoms with Crippen LogP contribution in [-0.2, 0) is 4.79 Å². The van der Waals surface area contributed by atoms with E-state index in [4.69, 9.17) is 10.8 Å². The van der Waals surface area contributed by atoms with E-state index in [2.05, 4.69) is 16.6 Å². The maximum atomic E-state index is 10.7. The number of nitrogens with two attached hydrogens (primary N) is 1. The zero-order valence-electron chi connectivity index (χ0n) is 10.4. The zero-order valence-corrected chi connectivity index (χ0v) is 12.0. The Labute approximate surface area is 115 Å². The number of hydrogen-bond acceptors (Lipinski definition) is 6. The standard InChI is InChI=1S/C11H19N3O2S2/c1-17-6-4-2-3-5-13-11-14-8(7-18-11)9(12)10(15)16/h7,9H,2-6,12H2,1H3,(H,13,14)(H,15,16). The number of nitrogens with one attached hydrogen (secondary N) is 1. The van der Waals surface area contributed by atoms with Crippen molar-refractivity contribution >= 4 is 34.2 Å². The Morgan fingerprint density at radius 2 is 2.39 bits per heavy atom. The molecular weight excluding hydrogens is 270 g/mol. The summed E-state index contributed by atoms with van der Waals surface area (Å²) in [5.74, 6) is 0.151. The van der Waals surface area contributed by atoms with Crippen LogP contribution < -0.4 is 11.1 Å². The van der Waals surface area contributed by atoms with Crippen LogP contribution in [-0.4, -0.2) is 34.6 Å². The molecule has 0 aliphatic carbocycles. The van der Waals surface area contributed by atoms with E-state index >= 15 is 0 Å². The predicted molar refractivity (Wildman–Crippen MR) is 77.4 cm³/mol. The summed E-state index contributed by atoms with van der Waals surface area (Å²) in [6, 6.07) is -1.03. The van der Waals surface area contributed by atoms with Gasteiger partial charge in [0, 0.05) is 11.9 Å². The van der Waals surface area contributed by atoms with Crippen molar-refractivity contribution in [3.63, 3.8) is 0 Å². The van der Waals surface area contributed by atoms with E-state index in [1.54, 1.807) is 5.38 Å². The van der Waals surface area contributed by atoms with E-state index in [0.717, 1.165) is 18.1 Å². The molecule has 0 radical (unpaired) electrons. The molecule has 18 heavy (non-hydrogen) atoms. The Hall–Kier alpha value is -0.790. The zero-order chi connectivity index (χ0) is 13.4. The van der Waals surface area contributed by atoms with E-state index in [-0.39, 0.29) is 0 Å². The maximum Gasteiger partial charge on any atom is 0.326 e. The third-order valence-corrected chi connectivity index (χ3v) is 3.92. The Balaban J connectivity index is 2.25. The van der Waals surface area contributed by atoms with Gasteiger partial charge in [-0.25, -0.2) is 4.98 Å². The summed E-state index contributed by atoms with van der Waals surface area (Å²) in [7, 11) is 0. The second kappa shape index (κ2) is 8.34. The largest absolute Gasteiger partial charge is 0.480 e. The summed E-state index contributed by atoms with van der Waals surface area (Å²) >= 11 is 3.26. The fraction of sp³-hybridized carbons (Fsp3) is 0.636. The van der Waals surface area contributed by atoms with E-state index in [1.807, 2.05) is 11.8 Å². The number of carbonyl (C=O) groups is 1. The van der Waals surface area contributed by atoms with Crippen molar-refractivity contribution in [3.8, 4) is 0 Å². The lowest BCUT2D eigenvalue weighted by Gasteiger charge is -2.03. The fourth-order valence-corrected chi connectivity index (χ4v) is 2.65. The van der Waals surface area contributed by atoms with Gasteiger partial charge < -0.3 is 16.2 Å². The topological polar surface area (TPSA) is 88.2 Å². The lowest BCUT2D eigenvalue weighted by atomic mass is 10.2. The van der Waals surface area contributed by atoms with Crippen molar-refractivity contribution in [1.29, 1.82) is 0 Å². The fourth-order valence-electron chi connectivity index (χ4n) is 1.38. The highest BCUT2D eigenvalue weighted by atomic mass is 32.2. The maximum absolute atomic E-state index is 10.7. The van der Waals surface area contributed by atoms with Crippen molar-refractivity contribution < 1.29 is 9.90 Å². The first-order chi connectivity index (χ1) is 8.65. The summed E-state index contributed by atoms with van der Waals surface area (Å²) in [5.41, 5.74) is 5.89. The molecule has 1 rings (SSSR count). The van der Waals surface area contributed by atoms with Gasteiger partial charge in [-0.3, -0.25) is 4.79 Å². The number of unbranched alkanes of at least 4 members (excludes halogenated alkanes) is 2. The van der Waals surface area contributed by atoms with E-state index in [9.17, 15) is 4.79 Å². The van der Waals surface area contributed by atoms with E-state index < -0.39 is 12.0 Å². The number of nitrogens with zero attached hydrogens (tertiary/aromatic N) is 1. The molecule has 1 unspecified atom stereocenters. The second-order valence-electron chi connectivity index (χ2n) is 3.87. The number of carboxylic acid groups (broad SMARTS) is 1. The highest BCUT2D eigenvalue weighted by Crippen LogP contribution is 2.19. The van der Waals surface area contributed by atoms with Crippen molar-refractivity contribution in [1.82, 2.24) is 4.98 Å². The molecular formula is C11H19N3O2S2. The van der Waals surface area contributed by atoms with Gasteiger partial charge in [-0.2, -0.15) is 11.8 Å². The molecule has 0 aromatic carbocycles. The molecule has 0 spiro atoms. The number of hydrogen-bond donors (Lipinski definition) is 3. The van der Waals surface area contributed by atoms with Crippen molar-refractivity contribution in [2.24, 2.45) is 5.73 Å². The van der Waals surface area contributed by atoms with Crippen molar-refractivity contribution in [2.75, 3.05) is 23.9 Å². The van der Waals surface area contributed by atoms with Crippen LogP contribution >= 0.6 is 23.1 Å². The van der Waals surface area contributed by atoms with Crippen LogP contribution in [0.4, 0.5) is 5.13 Å². The summed E-state index contributed by atoms with van der Waals surface area (Å²) < 4.78 is 0. The second-order valence-corrected chi connectivity index (χ2v) is 5.72. The molecule has 0 aliphatic heterocycles. The third kappa shape index (κ3) is 5.24. The third-order valence-electron chi connectivity index (χ3n) is 2.41. The monoisotopic (exact) mass is 289 g/mol. The van der Waals surface area contributed by atoms with Gasteiger partial charge >= 0.3 is 5.97 Å². The number of aliphatic carboxylic acids is 1. The molecule has 0 saturated carbocycles. The molecule has 0 bridgehead atoms. The first kappa shape index (κ1) is 15.3. The number of thioether (sulfide) groups is 1. The van der Waals surface area contributed by atoms with Crippen molar-refractivity contribution in [2.45, 2.75) is 25.3 Å². The minimum atomic E-state index is -1.05. The molecule has 0 fully saturated rings. The number of carboxylic acids is 1. The summed E-state index contributed by atoms with van der Waals surface area (Å²) in [6.45, 7) is 0.865. The summed E-state index contributed by atoms with van der Waals surface area (Å²) in [5, 5.41) is 14.4. The quantitative estimate of drug-likeness (QED) is 0.604. The van der Waals surface area contributed by atoms with Crippen molar-refractivity contribution in [3.05, 3.63) is 11.1 Å². The molecule has 102 valence electrons. The molecule has 1 aromatic rings. The van der Waals surface area contributed by atoms with E-state index in [0.29, 0.717) is 5.69 Å². The number of anilines is 1. The lowest BCUT2D eigenvalue weighted by molar-refractivity contribution is -0.138. The molecule has 1 aromatic heterocycles. The average Bonchev–Trinajstić information content (AvgIpc) is 2.81. The molecule has 1 atom stereocenters. The van der Waals surface area contributed by atoms with Gasteiger partial charge in [0.2, 0.25) is 0 Å². The number of aromatic nitrogens is 1. The van der Waals surface area contributed by atoms with Crippen LogP contribution in [0.25, 0.3) is 0 Å². The van der Waals surface area contributed by atoms with Gasteiger partial charge in [0.15, 0.2) is 5.13 Å². The van der Waals surface area contributed by atoms with Gasteiger partial charge in [0.25, 0.3) is 0 Å².